The van der Waals surface area contributed by atoms with E-state index in [0.717, 1.165) is 9.96 Å². The van der Waals surface area contributed by atoms with Gasteiger partial charge >= 0.3 is 5.69 Å². The third kappa shape index (κ3) is 3.63. The van der Waals surface area contributed by atoms with Crippen LogP contribution in [0.4, 0.5) is 0 Å². The molecule has 0 atom stereocenters. The zero-order valence-corrected chi connectivity index (χ0v) is 20.2. The molecule has 3 heterocycles. The summed E-state index contributed by atoms with van der Waals surface area (Å²) in [6.45, 7) is 7.63. The lowest BCUT2D eigenvalue weighted by Gasteiger charge is -2.14. The monoisotopic (exact) mass is 496 g/mol. The number of hydrogen-bond donors (Lipinski definition) is 0. The maximum absolute atomic E-state index is 14.1. The molecule has 8 heteroatoms. The molecule has 0 aliphatic heterocycles. The van der Waals surface area contributed by atoms with E-state index in [9.17, 15) is 9.59 Å². The van der Waals surface area contributed by atoms with Gasteiger partial charge in [-0.1, -0.05) is 86.0 Å². The molecule has 0 radical (unpaired) electrons. The molecule has 0 amide bonds. The molecule has 0 unspecified atom stereocenters. The molecule has 0 bridgehead atoms. The maximum atomic E-state index is 14.1. The van der Waals surface area contributed by atoms with E-state index in [0.29, 0.717) is 39.0 Å². The zero-order chi connectivity index (χ0) is 26.2. The van der Waals surface area contributed by atoms with Crippen LogP contribution in [0.25, 0.3) is 50.4 Å². The fraction of sp³-hybridized carbons (Fsp3) is 0. The van der Waals surface area contributed by atoms with Crippen LogP contribution in [-0.4, -0.2) is 28.9 Å². The Kier molecular flexibility index (Phi) is 5.54. The van der Waals surface area contributed by atoms with Crippen molar-refractivity contribution in [3.63, 3.8) is 0 Å². The van der Waals surface area contributed by atoms with Crippen LogP contribution in [0.3, 0.4) is 0 Å². The summed E-state index contributed by atoms with van der Waals surface area (Å²) in [5.41, 5.74) is 1.52. The van der Waals surface area contributed by atoms with Gasteiger partial charge in [0.2, 0.25) is 5.95 Å². The molecule has 0 aliphatic rings. The van der Waals surface area contributed by atoms with Gasteiger partial charge in [-0.15, -0.1) is 0 Å². The summed E-state index contributed by atoms with van der Waals surface area (Å²) in [6, 6.07) is 23.6. The first-order valence-corrected chi connectivity index (χ1v) is 11.8. The lowest BCUT2D eigenvalue weighted by atomic mass is 10.2. The van der Waals surface area contributed by atoms with Gasteiger partial charge in [-0.2, -0.15) is 9.97 Å². The van der Waals surface area contributed by atoms with Crippen LogP contribution < -0.4 is 11.2 Å². The molecule has 3 aromatic heterocycles. The molecule has 0 spiro atoms. The Hall–Kier alpha value is -5.50. The summed E-state index contributed by atoms with van der Waals surface area (Å²) in [5, 5.41) is 0.942. The molecule has 8 nitrogen and oxygen atoms in total. The number of rotatable bonds is 5. The predicted molar refractivity (Wildman–Crippen MR) is 149 cm³/mol. The van der Waals surface area contributed by atoms with Gasteiger partial charge in [0.05, 0.1) is 16.4 Å². The SMILES string of the molecule is C=C/C=C(\C=C)c1nc(-c2ccccc2)nc(-n2c(=O)n3c(=O)c4ccccc4nc3c3ccccc32)n1. The number of para-hydroxylation sites is 2. The van der Waals surface area contributed by atoms with Gasteiger partial charge in [-0.3, -0.25) is 4.79 Å². The van der Waals surface area contributed by atoms with E-state index in [2.05, 4.69) is 33.1 Å². The first-order valence-electron chi connectivity index (χ1n) is 11.8. The fourth-order valence-electron chi connectivity index (χ4n) is 4.42. The molecule has 0 saturated carbocycles. The van der Waals surface area contributed by atoms with Gasteiger partial charge in [-0.25, -0.2) is 23.7 Å². The summed E-state index contributed by atoms with van der Waals surface area (Å²) in [5.74, 6) is 0.736. The Balaban J connectivity index is 1.78. The Morgan fingerprint density at radius 2 is 1.47 bits per heavy atom. The summed E-state index contributed by atoms with van der Waals surface area (Å²) in [7, 11) is 0. The van der Waals surface area contributed by atoms with Crippen LogP contribution in [0.5, 0.6) is 0 Å². The van der Waals surface area contributed by atoms with Gasteiger partial charge in [0, 0.05) is 16.5 Å². The van der Waals surface area contributed by atoms with Crippen LogP contribution in [-0.2, 0) is 0 Å². The normalized spacial score (nSPS) is 11.7. The second-order valence-corrected chi connectivity index (χ2v) is 8.44. The van der Waals surface area contributed by atoms with Crippen molar-refractivity contribution < 1.29 is 0 Å². The van der Waals surface area contributed by atoms with Crippen LogP contribution in [0.2, 0.25) is 0 Å². The first kappa shape index (κ1) is 22.9. The molecule has 6 aromatic rings. The molecular weight excluding hydrogens is 476 g/mol. The maximum Gasteiger partial charge on any atom is 0.344 e. The number of fused-ring (bicyclic) bond motifs is 4. The van der Waals surface area contributed by atoms with Crippen molar-refractivity contribution in [2.75, 3.05) is 0 Å². The van der Waals surface area contributed by atoms with Crippen LogP contribution in [0, 0.1) is 0 Å². The van der Waals surface area contributed by atoms with E-state index in [-0.39, 0.29) is 11.6 Å². The second kappa shape index (κ2) is 9.18. The second-order valence-electron chi connectivity index (χ2n) is 8.44. The lowest BCUT2D eigenvalue weighted by molar-refractivity contribution is 0.821. The molecule has 0 saturated heterocycles. The van der Waals surface area contributed by atoms with Crippen molar-refractivity contribution >= 4 is 33.0 Å². The molecule has 6 rings (SSSR count). The van der Waals surface area contributed by atoms with Crippen molar-refractivity contribution in [2.24, 2.45) is 0 Å². The Bertz CT molecular complexity index is 2060. The standard InChI is InChI=1S/C30H20N6O2/c1-3-12-19(4-2)25-32-26(20-13-6-5-7-14-20)34-29(33-25)35-24-18-11-9-16-22(24)27-31-23-17-10-8-15-21(23)28(37)36(27)30(35)38/h3-18H,1-2H2/b19-12+. The number of aromatic nitrogens is 6. The van der Waals surface area contributed by atoms with E-state index >= 15 is 0 Å². The predicted octanol–water partition coefficient (Wildman–Crippen LogP) is 4.76. The third-order valence-electron chi connectivity index (χ3n) is 6.18. The number of hydrogen-bond acceptors (Lipinski definition) is 6. The minimum Gasteiger partial charge on any atom is -0.268 e. The summed E-state index contributed by atoms with van der Waals surface area (Å²) in [6.07, 6.45) is 4.94. The molecule has 38 heavy (non-hydrogen) atoms. The van der Waals surface area contributed by atoms with Crippen molar-refractivity contribution in [3.05, 3.63) is 137 Å². The number of nitrogens with zero attached hydrogens (tertiary/aromatic N) is 6. The molecule has 182 valence electrons. The summed E-state index contributed by atoms with van der Waals surface area (Å²) >= 11 is 0. The highest BCUT2D eigenvalue weighted by molar-refractivity contribution is 5.94. The summed E-state index contributed by atoms with van der Waals surface area (Å²) < 4.78 is 2.40. The average Bonchev–Trinajstić information content (AvgIpc) is 2.96. The number of allylic oxidation sites excluding steroid dienone is 4. The van der Waals surface area contributed by atoms with Gasteiger partial charge in [0.1, 0.15) is 0 Å². The van der Waals surface area contributed by atoms with Crippen molar-refractivity contribution in [3.8, 4) is 17.3 Å². The third-order valence-corrected chi connectivity index (χ3v) is 6.18. The topological polar surface area (TPSA) is 95.0 Å². The largest absolute Gasteiger partial charge is 0.344 e. The molecular formula is C30H20N6O2. The molecule has 3 aromatic carbocycles. The molecule has 0 fully saturated rings. The first-order chi connectivity index (χ1) is 18.6. The van der Waals surface area contributed by atoms with Crippen LogP contribution in [0.1, 0.15) is 5.82 Å². The highest BCUT2D eigenvalue weighted by Gasteiger charge is 2.20. The lowest BCUT2D eigenvalue weighted by Crippen LogP contribution is -2.35. The quantitative estimate of drug-likeness (QED) is 0.194. The van der Waals surface area contributed by atoms with Crippen LogP contribution in [0.15, 0.2) is 120 Å². The smallest absolute Gasteiger partial charge is 0.268 e. The van der Waals surface area contributed by atoms with E-state index in [1.807, 2.05) is 42.5 Å². The van der Waals surface area contributed by atoms with Gasteiger partial charge in [-0.05, 0) is 24.3 Å². The van der Waals surface area contributed by atoms with Crippen LogP contribution >= 0.6 is 0 Å². The van der Waals surface area contributed by atoms with E-state index in [4.69, 9.17) is 0 Å². The number of benzene rings is 3. The molecule has 0 aliphatic carbocycles. The molecule has 0 N–H and O–H groups in total. The van der Waals surface area contributed by atoms with Gasteiger partial charge in [0.15, 0.2) is 17.3 Å². The Labute approximate surface area is 216 Å². The Morgan fingerprint density at radius 1 is 0.763 bits per heavy atom. The minimum absolute atomic E-state index is 0.0637. The Morgan fingerprint density at radius 3 is 2.24 bits per heavy atom. The van der Waals surface area contributed by atoms with Gasteiger partial charge < -0.3 is 0 Å². The van der Waals surface area contributed by atoms with E-state index in [1.165, 1.54) is 4.57 Å². The van der Waals surface area contributed by atoms with Gasteiger partial charge in [0.25, 0.3) is 5.56 Å². The highest BCUT2D eigenvalue weighted by atomic mass is 16.2. The van der Waals surface area contributed by atoms with E-state index in [1.54, 1.807) is 54.6 Å². The fourth-order valence-corrected chi connectivity index (χ4v) is 4.42. The highest BCUT2D eigenvalue weighted by Crippen LogP contribution is 2.23. The van der Waals surface area contributed by atoms with Crippen molar-refractivity contribution in [1.29, 1.82) is 0 Å². The summed E-state index contributed by atoms with van der Waals surface area (Å²) in [4.78, 5) is 46.3. The van der Waals surface area contributed by atoms with Crippen molar-refractivity contribution in [2.45, 2.75) is 0 Å². The van der Waals surface area contributed by atoms with Crippen molar-refractivity contribution in [1.82, 2.24) is 28.9 Å². The zero-order valence-electron chi connectivity index (χ0n) is 20.2. The minimum atomic E-state index is -0.633. The average molecular weight is 497 g/mol. The van der Waals surface area contributed by atoms with E-state index < -0.39 is 11.2 Å².